The number of hydrogen-bond donors (Lipinski definition) is 1. The monoisotopic (exact) mass is 330 g/mol. The minimum absolute atomic E-state index is 0.420. The second-order valence-corrected chi connectivity index (χ2v) is 9.58. The summed E-state index contributed by atoms with van der Waals surface area (Å²) in [6.45, 7) is 5.90. The van der Waals surface area contributed by atoms with Crippen LogP contribution in [0.3, 0.4) is 0 Å². The van der Waals surface area contributed by atoms with Gasteiger partial charge < -0.3 is 10.1 Å². The molecule has 2 fully saturated rings. The molecule has 2 heterocycles. The molecule has 7 heteroatoms. The fourth-order valence-corrected chi connectivity index (χ4v) is 5.70. The largest absolute Gasteiger partial charge is 0.378 e. The highest BCUT2D eigenvalue weighted by Gasteiger charge is 2.40. The summed E-state index contributed by atoms with van der Waals surface area (Å²) in [4.78, 5) is 1.08. The Morgan fingerprint density at radius 2 is 2.19 bits per heavy atom. The molecule has 0 bridgehead atoms. The van der Waals surface area contributed by atoms with Gasteiger partial charge in [0.25, 0.3) is 10.0 Å². The lowest BCUT2D eigenvalue weighted by Crippen LogP contribution is -2.55. The third-order valence-corrected chi connectivity index (χ3v) is 7.56. The molecule has 1 N–H and O–H groups in total. The Morgan fingerprint density at radius 1 is 1.43 bits per heavy atom. The minimum Gasteiger partial charge on any atom is -0.378 e. The Labute approximate surface area is 130 Å². The molecule has 2 aliphatic rings. The quantitative estimate of drug-likeness (QED) is 0.894. The molecular weight excluding hydrogens is 308 g/mol. The van der Waals surface area contributed by atoms with Crippen LogP contribution in [0.5, 0.6) is 0 Å². The number of rotatable bonds is 5. The average Bonchev–Trinajstić information content (AvgIpc) is 3.11. The molecular formula is C14H22N2O3S2. The Morgan fingerprint density at radius 3 is 2.86 bits per heavy atom. The highest BCUT2D eigenvalue weighted by molar-refractivity contribution is 7.91. The highest BCUT2D eigenvalue weighted by Crippen LogP contribution is 2.31. The summed E-state index contributed by atoms with van der Waals surface area (Å²) in [6.07, 6.45) is 2.47. The van der Waals surface area contributed by atoms with Crippen LogP contribution in [0.4, 0.5) is 0 Å². The van der Waals surface area contributed by atoms with Gasteiger partial charge in [0, 0.05) is 24.0 Å². The van der Waals surface area contributed by atoms with Crippen LogP contribution in [0.25, 0.3) is 0 Å². The number of morpholine rings is 1. The number of ether oxygens (including phenoxy) is 1. The van der Waals surface area contributed by atoms with Gasteiger partial charge in [-0.05, 0) is 38.8 Å². The molecule has 1 aromatic heterocycles. The Hall–Kier alpha value is -0.470. The molecule has 21 heavy (non-hydrogen) atoms. The van der Waals surface area contributed by atoms with Crippen LogP contribution < -0.4 is 5.32 Å². The fraction of sp³-hybridized carbons (Fsp3) is 0.714. The van der Waals surface area contributed by atoms with E-state index < -0.39 is 15.6 Å². The molecule has 0 unspecified atom stereocenters. The van der Waals surface area contributed by atoms with Gasteiger partial charge in [0.2, 0.25) is 0 Å². The molecule has 118 valence electrons. The van der Waals surface area contributed by atoms with E-state index in [1.54, 1.807) is 10.4 Å². The summed E-state index contributed by atoms with van der Waals surface area (Å²) in [6, 6.07) is 4.28. The van der Waals surface area contributed by atoms with Crippen LogP contribution in [-0.2, 0) is 21.3 Å². The van der Waals surface area contributed by atoms with Crippen molar-refractivity contribution in [2.45, 2.75) is 49.0 Å². The number of hydrogen-bond acceptors (Lipinski definition) is 5. The molecule has 0 amide bonds. The molecule has 1 aliphatic heterocycles. The van der Waals surface area contributed by atoms with Crippen LogP contribution >= 0.6 is 11.3 Å². The number of nitrogens with one attached hydrogen (secondary N) is 1. The van der Waals surface area contributed by atoms with Crippen molar-refractivity contribution in [3.05, 3.63) is 17.0 Å². The van der Waals surface area contributed by atoms with E-state index in [9.17, 15) is 8.42 Å². The smallest absolute Gasteiger partial charge is 0.253 e. The lowest BCUT2D eigenvalue weighted by molar-refractivity contribution is -0.00761. The van der Waals surface area contributed by atoms with Gasteiger partial charge in [0.1, 0.15) is 4.21 Å². The van der Waals surface area contributed by atoms with E-state index in [0.717, 1.165) is 11.4 Å². The van der Waals surface area contributed by atoms with Crippen molar-refractivity contribution in [3.8, 4) is 0 Å². The van der Waals surface area contributed by atoms with Crippen molar-refractivity contribution in [2.24, 2.45) is 0 Å². The normalized spacial score (nSPS) is 23.3. The van der Waals surface area contributed by atoms with Gasteiger partial charge in [-0.1, -0.05) is 0 Å². The first-order chi connectivity index (χ1) is 9.89. The van der Waals surface area contributed by atoms with E-state index in [1.807, 2.05) is 19.9 Å². The maximum absolute atomic E-state index is 12.8. The van der Waals surface area contributed by atoms with Gasteiger partial charge in [-0.15, -0.1) is 11.3 Å². The van der Waals surface area contributed by atoms with Gasteiger partial charge in [-0.25, -0.2) is 8.42 Å². The van der Waals surface area contributed by atoms with Gasteiger partial charge in [0.05, 0.1) is 18.8 Å². The van der Waals surface area contributed by atoms with Crippen LogP contribution in [0.1, 0.15) is 31.6 Å². The lowest BCUT2D eigenvalue weighted by Gasteiger charge is -2.40. The molecule has 5 nitrogen and oxygen atoms in total. The second kappa shape index (κ2) is 5.62. The van der Waals surface area contributed by atoms with Crippen molar-refractivity contribution in [2.75, 3.05) is 19.8 Å². The first-order valence-electron chi connectivity index (χ1n) is 7.32. The van der Waals surface area contributed by atoms with Crippen LogP contribution in [0.15, 0.2) is 16.3 Å². The van der Waals surface area contributed by atoms with Crippen LogP contribution in [0.2, 0.25) is 0 Å². The Bertz CT molecular complexity index is 605. The van der Waals surface area contributed by atoms with E-state index >= 15 is 0 Å². The van der Waals surface area contributed by atoms with Crippen LogP contribution in [-0.4, -0.2) is 44.1 Å². The molecule has 0 spiro atoms. The topological polar surface area (TPSA) is 58.6 Å². The van der Waals surface area contributed by atoms with Crippen LogP contribution in [0, 0.1) is 0 Å². The summed E-state index contributed by atoms with van der Waals surface area (Å²) < 4.78 is 33.1. The summed E-state index contributed by atoms with van der Waals surface area (Å²) in [5.74, 6) is 0. The minimum atomic E-state index is -3.43. The Kier molecular flexibility index (Phi) is 4.13. The van der Waals surface area contributed by atoms with E-state index in [4.69, 9.17) is 4.74 Å². The third-order valence-electron chi connectivity index (χ3n) is 3.89. The number of nitrogens with zero attached hydrogens (tertiary/aromatic N) is 1. The van der Waals surface area contributed by atoms with Crippen molar-refractivity contribution in [1.29, 1.82) is 0 Å². The second-order valence-electron chi connectivity index (χ2n) is 6.32. The maximum Gasteiger partial charge on any atom is 0.253 e. The lowest BCUT2D eigenvalue weighted by atomic mass is 10.1. The van der Waals surface area contributed by atoms with Gasteiger partial charge >= 0.3 is 0 Å². The molecule has 0 atom stereocenters. The summed E-state index contributed by atoms with van der Waals surface area (Å²) in [5.41, 5.74) is -0.493. The zero-order valence-corrected chi connectivity index (χ0v) is 14.1. The molecule has 0 aromatic carbocycles. The maximum atomic E-state index is 12.8. The standard InChI is InChI=1S/C14H22N2O3S2/c1-14(2)10-19-8-7-16(14)21(17,18)13-6-5-12(20-13)9-15-11-3-4-11/h5-6,11,15H,3-4,7-10H2,1-2H3. The van der Waals surface area contributed by atoms with E-state index in [2.05, 4.69) is 5.32 Å². The fourth-order valence-electron chi connectivity index (χ4n) is 2.52. The number of sulfonamides is 1. The van der Waals surface area contributed by atoms with E-state index in [1.165, 1.54) is 24.2 Å². The summed E-state index contributed by atoms with van der Waals surface area (Å²) in [5, 5.41) is 3.42. The average molecular weight is 330 g/mol. The molecule has 1 saturated heterocycles. The van der Waals surface area contributed by atoms with Gasteiger partial charge in [-0.2, -0.15) is 4.31 Å². The first-order valence-corrected chi connectivity index (χ1v) is 9.58. The number of thiophene rings is 1. The third kappa shape index (κ3) is 3.32. The zero-order chi connectivity index (χ0) is 15.1. The van der Waals surface area contributed by atoms with Gasteiger partial charge in [-0.3, -0.25) is 0 Å². The molecule has 1 aliphatic carbocycles. The Balaban J connectivity index is 1.77. The molecule has 3 rings (SSSR count). The predicted octanol–water partition coefficient (Wildman–Crippen LogP) is 1.80. The van der Waals surface area contributed by atoms with Gasteiger partial charge in [0.15, 0.2) is 0 Å². The van der Waals surface area contributed by atoms with Crippen molar-refractivity contribution < 1.29 is 13.2 Å². The SMILES string of the molecule is CC1(C)COCCN1S(=O)(=O)c1ccc(CNC2CC2)s1. The summed E-state index contributed by atoms with van der Waals surface area (Å²) >= 11 is 1.37. The van der Waals surface area contributed by atoms with Crippen molar-refractivity contribution in [3.63, 3.8) is 0 Å². The zero-order valence-electron chi connectivity index (χ0n) is 12.5. The summed E-state index contributed by atoms with van der Waals surface area (Å²) in [7, 11) is -3.43. The van der Waals surface area contributed by atoms with Crippen molar-refractivity contribution >= 4 is 21.4 Å². The van der Waals surface area contributed by atoms with Crippen molar-refractivity contribution in [1.82, 2.24) is 9.62 Å². The molecule has 0 radical (unpaired) electrons. The molecule has 1 saturated carbocycles. The molecule has 1 aromatic rings. The highest BCUT2D eigenvalue weighted by atomic mass is 32.2. The van der Waals surface area contributed by atoms with E-state index in [-0.39, 0.29) is 0 Å². The first kappa shape index (κ1) is 15.4. The van der Waals surface area contributed by atoms with E-state index in [0.29, 0.717) is 30.0 Å². The predicted molar refractivity (Wildman–Crippen MR) is 83.0 cm³/mol.